The number of halogens is 2. The van der Waals surface area contributed by atoms with Gasteiger partial charge in [-0.1, -0.05) is 23.2 Å². The molecule has 2 aromatic rings. The normalized spacial score (nSPS) is 10.6. The fraction of sp³-hybridized carbons (Fsp3) is 0.167. The number of aromatic nitrogens is 2. The maximum absolute atomic E-state index is 12.1. The summed E-state index contributed by atoms with van der Waals surface area (Å²) in [6, 6.07) is 4.55. The van der Waals surface area contributed by atoms with Crippen LogP contribution in [0.2, 0.25) is 10.0 Å². The zero-order valence-corrected chi connectivity index (χ0v) is 11.9. The molecule has 0 radical (unpaired) electrons. The van der Waals surface area contributed by atoms with Crippen molar-refractivity contribution in [3.63, 3.8) is 0 Å². The molecule has 0 aliphatic heterocycles. The number of Topliss-reactive ketones (excluding diaryl/α,β-unsaturated/α-hetero) is 1. The first kappa shape index (κ1) is 14.5. The number of rotatable bonds is 4. The van der Waals surface area contributed by atoms with Gasteiger partial charge >= 0.3 is 5.82 Å². The monoisotopic (exact) mass is 313 g/mol. The third-order valence-corrected chi connectivity index (χ3v) is 3.19. The third kappa shape index (κ3) is 2.97. The number of ketones is 1. The molecule has 0 spiro atoms. The largest absolute Gasteiger partial charge is 0.392 e. The average molecular weight is 314 g/mol. The van der Waals surface area contributed by atoms with E-state index in [4.69, 9.17) is 23.2 Å². The molecule has 0 aliphatic rings. The second-order valence-electron chi connectivity index (χ2n) is 4.14. The summed E-state index contributed by atoms with van der Waals surface area (Å²) < 4.78 is 1.22. The molecule has 1 aromatic carbocycles. The molecule has 0 fully saturated rings. The predicted molar refractivity (Wildman–Crippen MR) is 74.4 cm³/mol. The highest BCUT2D eigenvalue weighted by molar-refractivity contribution is 6.35. The van der Waals surface area contributed by atoms with Crippen molar-refractivity contribution in [2.45, 2.75) is 13.5 Å². The van der Waals surface area contributed by atoms with Crippen LogP contribution >= 0.6 is 23.2 Å². The molecular formula is C12H9Cl2N3O3. The Morgan fingerprint density at radius 3 is 2.75 bits per heavy atom. The van der Waals surface area contributed by atoms with Crippen molar-refractivity contribution < 1.29 is 9.72 Å². The third-order valence-electron chi connectivity index (χ3n) is 2.63. The lowest BCUT2D eigenvalue weighted by atomic mass is 10.1. The van der Waals surface area contributed by atoms with E-state index in [-0.39, 0.29) is 28.7 Å². The number of nitro groups is 1. The summed E-state index contributed by atoms with van der Waals surface area (Å²) in [5.74, 6) is -0.593. The Labute approximate surface area is 124 Å². The van der Waals surface area contributed by atoms with E-state index in [1.165, 1.54) is 23.0 Å². The van der Waals surface area contributed by atoms with Gasteiger partial charge < -0.3 is 10.1 Å². The minimum atomic E-state index is -0.595. The summed E-state index contributed by atoms with van der Waals surface area (Å²) in [5, 5.41) is 15.1. The fourth-order valence-corrected chi connectivity index (χ4v) is 2.11. The number of carbonyl (C=O) groups excluding carboxylic acids is 1. The summed E-state index contributed by atoms with van der Waals surface area (Å²) in [6.45, 7) is 1.41. The molecule has 0 N–H and O–H groups in total. The Kier molecular flexibility index (Phi) is 4.06. The van der Waals surface area contributed by atoms with Crippen molar-refractivity contribution in [2.75, 3.05) is 0 Å². The van der Waals surface area contributed by atoms with Crippen LogP contribution in [0.5, 0.6) is 0 Å². The van der Waals surface area contributed by atoms with Crippen molar-refractivity contribution in [3.05, 3.63) is 55.7 Å². The van der Waals surface area contributed by atoms with Crippen LogP contribution in [0.4, 0.5) is 5.82 Å². The van der Waals surface area contributed by atoms with Gasteiger partial charge in [-0.2, -0.15) is 4.68 Å². The molecule has 0 unspecified atom stereocenters. The summed E-state index contributed by atoms with van der Waals surface area (Å²) in [6.07, 6.45) is 1.44. The van der Waals surface area contributed by atoms with Crippen LogP contribution in [0, 0.1) is 17.0 Å². The lowest BCUT2D eigenvalue weighted by Gasteiger charge is -2.02. The van der Waals surface area contributed by atoms with Gasteiger partial charge in [-0.3, -0.25) is 4.79 Å². The van der Waals surface area contributed by atoms with E-state index in [2.05, 4.69) is 5.10 Å². The molecule has 20 heavy (non-hydrogen) atoms. The smallest absolute Gasteiger partial charge is 0.358 e. The molecule has 0 atom stereocenters. The van der Waals surface area contributed by atoms with Gasteiger partial charge in [0.1, 0.15) is 6.54 Å². The van der Waals surface area contributed by atoms with Crippen LogP contribution < -0.4 is 0 Å². The van der Waals surface area contributed by atoms with E-state index < -0.39 is 4.92 Å². The van der Waals surface area contributed by atoms with Gasteiger partial charge in [-0.25, -0.2) is 0 Å². The second-order valence-corrected chi connectivity index (χ2v) is 4.98. The highest BCUT2D eigenvalue weighted by atomic mass is 35.5. The zero-order chi connectivity index (χ0) is 14.9. The first-order valence-electron chi connectivity index (χ1n) is 5.55. The molecule has 6 nitrogen and oxygen atoms in total. The fourth-order valence-electron chi connectivity index (χ4n) is 1.72. The predicted octanol–water partition coefficient (Wildman–Crippen LogP) is 3.29. The Bertz CT molecular complexity index is 697. The van der Waals surface area contributed by atoms with Gasteiger partial charge in [0.05, 0.1) is 21.9 Å². The number of carbonyl (C=O) groups is 1. The van der Waals surface area contributed by atoms with E-state index in [1.807, 2.05) is 0 Å². The molecule has 0 aliphatic carbocycles. The van der Waals surface area contributed by atoms with Crippen LogP contribution in [0.1, 0.15) is 15.9 Å². The summed E-state index contributed by atoms with van der Waals surface area (Å²) >= 11 is 11.7. The maximum atomic E-state index is 12.1. The quantitative estimate of drug-likeness (QED) is 0.493. The number of aryl methyl sites for hydroxylation is 1. The molecule has 0 saturated heterocycles. The second kappa shape index (κ2) is 5.60. The molecule has 2 rings (SSSR count). The van der Waals surface area contributed by atoms with Crippen LogP contribution in [0.25, 0.3) is 0 Å². The SMILES string of the molecule is Cc1cn(CC(=O)c2cc(Cl)ccc2Cl)nc1[N+](=O)[O-]. The lowest BCUT2D eigenvalue weighted by molar-refractivity contribution is -0.390. The van der Waals surface area contributed by atoms with Gasteiger partial charge in [0.2, 0.25) is 0 Å². The van der Waals surface area contributed by atoms with E-state index >= 15 is 0 Å². The first-order chi connectivity index (χ1) is 9.38. The zero-order valence-electron chi connectivity index (χ0n) is 10.3. The molecule has 1 aromatic heterocycles. The van der Waals surface area contributed by atoms with E-state index in [9.17, 15) is 14.9 Å². The molecule has 0 bridgehead atoms. The van der Waals surface area contributed by atoms with E-state index in [0.717, 1.165) is 0 Å². The Morgan fingerprint density at radius 2 is 2.15 bits per heavy atom. The molecular weight excluding hydrogens is 305 g/mol. The van der Waals surface area contributed by atoms with Gasteiger partial charge in [-0.05, 0) is 30.0 Å². The van der Waals surface area contributed by atoms with Gasteiger partial charge in [0, 0.05) is 10.6 Å². The topological polar surface area (TPSA) is 78.0 Å². The number of hydrogen-bond acceptors (Lipinski definition) is 4. The number of hydrogen-bond donors (Lipinski definition) is 0. The van der Waals surface area contributed by atoms with E-state index in [1.54, 1.807) is 13.0 Å². The van der Waals surface area contributed by atoms with E-state index in [0.29, 0.717) is 10.6 Å². The van der Waals surface area contributed by atoms with Gasteiger partial charge in [0.15, 0.2) is 5.78 Å². The van der Waals surface area contributed by atoms with Crippen molar-refractivity contribution in [1.82, 2.24) is 9.78 Å². The Hall–Kier alpha value is -1.92. The standard InChI is InChI=1S/C12H9Cl2N3O3/c1-7-5-16(15-12(7)17(19)20)6-11(18)9-4-8(13)2-3-10(9)14/h2-5H,6H2,1H3. The van der Waals surface area contributed by atoms with Crippen molar-refractivity contribution >= 4 is 34.8 Å². The minimum Gasteiger partial charge on any atom is -0.358 e. The highest BCUT2D eigenvalue weighted by Crippen LogP contribution is 2.22. The molecule has 0 amide bonds. The molecule has 104 valence electrons. The maximum Gasteiger partial charge on any atom is 0.392 e. The first-order valence-corrected chi connectivity index (χ1v) is 6.31. The highest BCUT2D eigenvalue weighted by Gasteiger charge is 2.20. The summed E-state index contributed by atoms with van der Waals surface area (Å²) in [7, 11) is 0. The van der Waals surface area contributed by atoms with Crippen molar-refractivity contribution in [1.29, 1.82) is 0 Å². The summed E-state index contributed by atoms with van der Waals surface area (Å²) in [4.78, 5) is 22.2. The minimum absolute atomic E-state index is 0.144. The van der Waals surface area contributed by atoms with Crippen molar-refractivity contribution in [3.8, 4) is 0 Å². The van der Waals surface area contributed by atoms with Crippen LogP contribution in [0.3, 0.4) is 0 Å². The molecule has 0 saturated carbocycles. The lowest BCUT2D eigenvalue weighted by Crippen LogP contribution is -2.11. The van der Waals surface area contributed by atoms with Crippen molar-refractivity contribution in [2.24, 2.45) is 0 Å². The Morgan fingerprint density at radius 1 is 1.45 bits per heavy atom. The number of benzene rings is 1. The van der Waals surface area contributed by atoms with Gasteiger partial charge in [-0.15, -0.1) is 0 Å². The molecule has 1 heterocycles. The Balaban J connectivity index is 2.26. The van der Waals surface area contributed by atoms with Crippen LogP contribution in [0.15, 0.2) is 24.4 Å². The van der Waals surface area contributed by atoms with Crippen LogP contribution in [-0.2, 0) is 6.54 Å². The average Bonchev–Trinajstić information content (AvgIpc) is 2.73. The molecule has 8 heteroatoms. The van der Waals surface area contributed by atoms with Crippen LogP contribution in [-0.4, -0.2) is 20.5 Å². The number of nitrogens with zero attached hydrogens (tertiary/aromatic N) is 3. The summed E-state index contributed by atoms with van der Waals surface area (Å²) in [5.41, 5.74) is 0.648. The van der Waals surface area contributed by atoms with Gasteiger partial charge in [0.25, 0.3) is 0 Å².